The first-order chi connectivity index (χ1) is 10.4. The molecule has 0 saturated heterocycles. The number of ketones is 1. The number of halogens is 5. The van der Waals surface area contributed by atoms with Gasteiger partial charge in [-0.3, -0.25) is 4.79 Å². The number of nitrogens with zero attached hydrogens (tertiary/aromatic N) is 1. The van der Waals surface area contributed by atoms with Crippen LogP contribution in [0.5, 0.6) is 0 Å². The van der Waals surface area contributed by atoms with Crippen molar-refractivity contribution in [3.8, 4) is 0 Å². The molecule has 0 bridgehead atoms. The van der Waals surface area contributed by atoms with Crippen molar-refractivity contribution < 1.29 is 4.79 Å². The molecule has 1 aromatic carbocycles. The van der Waals surface area contributed by atoms with Crippen molar-refractivity contribution in [2.45, 2.75) is 4.90 Å². The molecule has 0 unspecified atom stereocenters. The molecule has 2 rings (SSSR count). The van der Waals surface area contributed by atoms with Gasteiger partial charge in [0.1, 0.15) is 0 Å². The first-order valence-electron chi connectivity index (χ1n) is 5.73. The molecule has 0 radical (unpaired) electrons. The van der Waals surface area contributed by atoms with E-state index in [0.717, 1.165) is 16.2 Å². The second-order valence-electron chi connectivity index (χ2n) is 3.95. The zero-order valence-electron chi connectivity index (χ0n) is 10.6. The Hall–Kier alpha value is -0.230. The Balaban J connectivity index is 2.18. The molecule has 0 aliphatic rings. The van der Waals surface area contributed by atoms with Crippen LogP contribution in [-0.4, -0.2) is 10.8 Å². The minimum absolute atomic E-state index is 0.0604. The molecule has 1 heterocycles. The summed E-state index contributed by atoms with van der Waals surface area (Å²) in [7, 11) is 0. The Labute approximate surface area is 159 Å². The van der Waals surface area contributed by atoms with Gasteiger partial charge in [-0.15, -0.1) is 0 Å². The summed E-state index contributed by atoms with van der Waals surface area (Å²) in [5.74, 6) is -0.146. The van der Waals surface area contributed by atoms with Crippen LogP contribution in [0.1, 0.15) is 10.4 Å². The zero-order valence-corrected chi connectivity index (χ0v) is 16.0. The maximum absolute atomic E-state index is 12.0. The van der Waals surface area contributed by atoms with E-state index in [1.165, 1.54) is 6.08 Å². The SMILES string of the molecule is O=C(C=CSc1c(Cl)c(Cl)nc(Cl)c1Cl)c1cccc(Br)c1. The van der Waals surface area contributed by atoms with Crippen molar-refractivity contribution in [2.75, 3.05) is 0 Å². The molecule has 2 aromatic rings. The van der Waals surface area contributed by atoms with Crippen molar-refractivity contribution in [1.82, 2.24) is 4.98 Å². The fourth-order valence-corrected chi connectivity index (χ4v) is 3.70. The summed E-state index contributed by atoms with van der Waals surface area (Å²) in [4.78, 5) is 16.3. The quantitative estimate of drug-likeness (QED) is 0.215. The first-order valence-corrected chi connectivity index (χ1v) is 8.91. The maximum atomic E-state index is 12.0. The van der Waals surface area contributed by atoms with Gasteiger partial charge in [-0.25, -0.2) is 4.98 Å². The van der Waals surface area contributed by atoms with E-state index in [9.17, 15) is 4.79 Å². The van der Waals surface area contributed by atoms with Gasteiger partial charge < -0.3 is 0 Å². The first kappa shape index (κ1) is 18.1. The number of carbonyl (C=O) groups excluding carboxylic acids is 1. The summed E-state index contributed by atoms with van der Waals surface area (Å²) in [6.45, 7) is 0. The number of thioether (sulfide) groups is 1. The van der Waals surface area contributed by atoms with Crippen molar-refractivity contribution in [1.29, 1.82) is 0 Å². The number of rotatable bonds is 4. The molecule has 0 spiro atoms. The highest BCUT2D eigenvalue weighted by Crippen LogP contribution is 2.41. The smallest absolute Gasteiger partial charge is 0.186 e. The Bertz CT molecular complexity index is 740. The highest BCUT2D eigenvalue weighted by molar-refractivity contribution is 9.10. The van der Waals surface area contributed by atoms with Crippen LogP contribution in [0, 0.1) is 0 Å². The Morgan fingerprint density at radius 3 is 2.36 bits per heavy atom. The lowest BCUT2D eigenvalue weighted by Gasteiger charge is -2.06. The van der Waals surface area contributed by atoms with E-state index in [1.807, 2.05) is 6.07 Å². The van der Waals surface area contributed by atoms with Crippen LogP contribution in [0.3, 0.4) is 0 Å². The summed E-state index contributed by atoms with van der Waals surface area (Å²) in [5, 5.41) is 2.08. The average molecular weight is 458 g/mol. The number of allylic oxidation sites excluding steroid dienone is 1. The lowest BCUT2D eigenvalue weighted by Crippen LogP contribution is -1.93. The molecule has 0 atom stereocenters. The van der Waals surface area contributed by atoms with E-state index >= 15 is 0 Å². The van der Waals surface area contributed by atoms with E-state index in [0.29, 0.717) is 10.5 Å². The molecule has 0 N–H and O–H groups in total. The minimum Gasteiger partial charge on any atom is -0.289 e. The van der Waals surface area contributed by atoms with Gasteiger partial charge in [-0.05, 0) is 23.6 Å². The molecule has 0 saturated carbocycles. The molecular formula is C14H6BrCl4NOS. The number of hydrogen-bond donors (Lipinski definition) is 0. The Kier molecular flexibility index (Phi) is 6.62. The van der Waals surface area contributed by atoms with Crippen molar-refractivity contribution >= 4 is 79.9 Å². The third-order valence-corrected chi connectivity index (χ3v) is 5.58. The van der Waals surface area contributed by atoms with Gasteiger partial charge in [0.2, 0.25) is 0 Å². The topological polar surface area (TPSA) is 30.0 Å². The summed E-state index contributed by atoms with van der Waals surface area (Å²) < 4.78 is 0.832. The fourth-order valence-electron chi connectivity index (χ4n) is 1.47. The highest BCUT2D eigenvalue weighted by Gasteiger charge is 2.15. The molecule has 0 aliphatic heterocycles. The number of aromatic nitrogens is 1. The normalized spacial score (nSPS) is 11.1. The van der Waals surface area contributed by atoms with Gasteiger partial charge in [-0.1, -0.05) is 86.2 Å². The average Bonchev–Trinajstić information content (AvgIpc) is 2.48. The molecule has 2 nitrogen and oxygen atoms in total. The van der Waals surface area contributed by atoms with Gasteiger partial charge in [0.05, 0.1) is 14.9 Å². The van der Waals surface area contributed by atoms with E-state index in [4.69, 9.17) is 46.4 Å². The summed E-state index contributed by atoms with van der Waals surface area (Å²) in [6, 6.07) is 7.09. The Morgan fingerprint density at radius 1 is 1.14 bits per heavy atom. The second-order valence-corrected chi connectivity index (χ2v) is 7.25. The molecule has 8 heteroatoms. The summed E-state index contributed by atoms with van der Waals surface area (Å²) in [5.41, 5.74) is 0.564. The summed E-state index contributed by atoms with van der Waals surface area (Å²) in [6.07, 6.45) is 1.42. The van der Waals surface area contributed by atoms with Crippen LogP contribution in [0.25, 0.3) is 0 Å². The molecular weight excluding hydrogens is 452 g/mol. The van der Waals surface area contributed by atoms with Gasteiger partial charge in [0, 0.05) is 10.0 Å². The molecule has 0 fully saturated rings. The van der Waals surface area contributed by atoms with E-state index in [2.05, 4.69) is 20.9 Å². The monoisotopic (exact) mass is 455 g/mol. The number of carbonyl (C=O) groups is 1. The summed E-state index contributed by atoms with van der Waals surface area (Å²) >= 11 is 28.2. The van der Waals surface area contributed by atoms with E-state index < -0.39 is 0 Å². The third-order valence-electron chi connectivity index (χ3n) is 2.47. The van der Waals surface area contributed by atoms with E-state index in [1.54, 1.807) is 23.6 Å². The van der Waals surface area contributed by atoms with Crippen LogP contribution in [0.4, 0.5) is 0 Å². The van der Waals surface area contributed by atoms with Gasteiger partial charge in [-0.2, -0.15) is 0 Å². The lowest BCUT2D eigenvalue weighted by atomic mass is 10.1. The predicted octanol–water partition coefficient (Wildman–Crippen LogP) is 6.95. The largest absolute Gasteiger partial charge is 0.289 e. The Morgan fingerprint density at radius 2 is 1.77 bits per heavy atom. The van der Waals surface area contributed by atoms with Crippen LogP contribution in [-0.2, 0) is 0 Å². The number of benzene rings is 1. The minimum atomic E-state index is -0.146. The standard InChI is InChI=1S/C14H6BrCl4NOS/c15-8-3-1-2-7(6-8)9(21)4-5-22-12-10(16)13(18)20-14(19)11(12)17/h1-6H. The van der Waals surface area contributed by atoms with Crippen molar-refractivity contribution in [3.63, 3.8) is 0 Å². The van der Waals surface area contributed by atoms with Gasteiger partial charge in [0.15, 0.2) is 16.1 Å². The van der Waals surface area contributed by atoms with Gasteiger partial charge in [0.25, 0.3) is 0 Å². The van der Waals surface area contributed by atoms with Crippen LogP contribution < -0.4 is 0 Å². The maximum Gasteiger partial charge on any atom is 0.186 e. The van der Waals surface area contributed by atoms with Crippen molar-refractivity contribution in [2.24, 2.45) is 0 Å². The fraction of sp³-hybridized carbons (Fsp3) is 0. The number of hydrogen-bond acceptors (Lipinski definition) is 3. The third kappa shape index (κ3) is 4.40. The van der Waals surface area contributed by atoms with Crippen LogP contribution in [0.2, 0.25) is 20.4 Å². The van der Waals surface area contributed by atoms with Crippen LogP contribution >= 0.6 is 74.1 Å². The van der Waals surface area contributed by atoms with E-state index in [-0.39, 0.29) is 26.1 Å². The zero-order chi connectivity index (χ0) is 16.3. The molecule has 22 heavy (non-hydrogen) atoms. The number of pyridine rings is 1. The predicted molar refractivity (Wildman–Crippen MR) is 97.7 cm³/mol. The molecule has 1 aromatic heterocycles. The molecule has 114 valence electrons. The lowest BCUT2D eigenvalue weighted by molar-refractivity contribution is 0.104. The molecule has 0 aliphatic carbocycles. The second kappa shape index (κ2) is 8.04. The highest BCUT2D eigenvalue weighted by atomic mass is 79.9. The van der Waals surface area contributed by atoms with Crippen molar-refractivity contribution in [3.05, 3.63) is 66.1 Å². The van der Waals surface area contributed by atoms with Crippen LogP contribution in [0.15, 0.2) is 45.1 Å². The van der Waals surface area contributed by atoms with Gasteiger partial charge >= 0.3 is 0 Å². The molecule has 0 amide bonds.